The van der Waals surface area contributed by atoms with Gasteiger partial charge >= 0.3 is 0 Å². The Morgan fingerprint density at radius 1 is 0.971 bits per heavy atom. The van der Waals surface area contributed by atoms with E-state index in [-0.39, 0.29) is 4.90 Å². The molecule has 180 valence electrons. The normalized spacial score (nSPS) is 11.6. The van der Waals surface area contributed by atoms with Crippen molar-refractivity contribution < 1.29 is 21.6 Å². The minimum Gasteiger partial charge on any atom is -0.325 e. The lowest BCUT2D eigenvalue weighted by Crippen LogP contribution is -2.37. The van der Waals surface area contributed by atoms with E-state index in [0.717, 1.165) is 15.0 Å². The minimum atomic E-state index is -3.89. The first-order valence-corrected chi connectivity index (χ1v) is 14.3. The Morgan fingerprint density at radius 3 is 2.18 bits per heavy atom. The van der Waals surface area contributed by atoms with Gasteiger partial charge in [0, 0.05) is 15.2 Å². The van der Waals surface area contributed by atoms with Crippen LogP contribution in [0, 0.1) is 6.92 Å². The predicted octanol–water partition coefficient (Wildman–Crippen LogP) is 4.62. The molecule has 0 saturated heterocycles. The standard InChI is InChI=1S/C22H21BrClN3O5S2/c1-15-20(24)4-3-5-21(15)26-34(31,32)19-12-8-17(9-13-19)25-22(28)14-27(33(2,29)30)18-10-6-16(23)7-11-18/h3-13,26H,14H2,1-2H3,(H,25,28). The van der Waals surface area contributed by atoms with Crippen LogP contribution in [0.3, 0.4) is 0 Å². The van der Waals surface area contributed by atoms with Gasteiger partial charge in [0.15, 0.2) is 0 Å². The number of nitrogens with zero attached hydrogens (tertiary/aromatic N) is 1. The molecule has 0 atom stereocenters. The van der Waals surface area contributed by atoms with Crippen molar-refractivity contribution in [1.29, 1.82) is 0 Å². The summed E-state index contributed by atoms with van der Waals surface area (Å²) in [4.78, 5) is 12.5. The van der Waals surface area contributed by atoms with Gasteiger partial charge in [0.1, 0.15) is 6.54 Å². The van der Waals surface area contributed by atoms with Gasteiger partial charge in [-0.25, -0.2) is 16.8 Å². The molecule has 0 fully saturated rings. The Kier molecular flexibility index (Phi) is 7.91. The molecule has 0 aromatic heterocycles. The molecule has 0 heterocycles. The van der Waals surface area contributed by atoms with Crippen LogP contribution in [0.1, 0.15) is 5.56 Å². The van der Waals surface area contributed by atoms with Crippen molar-refractivity contribution in [2.45, 2.75) is 11.8 Å². The number of hydrogen-bond acceptors (Lipinski definition) is 5. The van der Waals surface area contributed by atoms with Crippen LogP contribution in [0.25, 0.3) is 0 Å². The molecule has 0 spiro atoms. The average Bonchev–Trinajstić information content (AvgIpc) is 2.75. The van der Waals surface area contributed by atoms with Crippen molar-refractivity contribution >= 4 is 70.5 Å². The number of carbonyl (C=O) groups is 1. The summed E-state index contributed by atoms with van der Waals surface area (Å²) in [5.41, 5.74) is 1.60. The van der Waals surface area contributed by atoms with E-state index in [9.17, 15) is 21.6 Å². The van der Waals surface area contributed by atoms with Crippen LogP contribution < -0.4 is 14.3 Å². The highest BCUT2D eigenvalue weighted by atomic mass is 79.9. The second-order valence-electron chi connectivity index (χ2n) is 7.34. The SMILES string of the molecule is Cc1c(Cl)cccc1NS(=O)(=O)c1ccc(NC(=O)CN(c2ccc(Br)cc2)S(C)(=O)=O)cc1. The third-order valence-electron chi connectivity index (χ3n) is 4.76. The minimum absolute atomic E-state index is 0.0162. The van der Waals surface area contributed by atoms with E-state index in [1.54, 1.807) is 49.4 Å². The first-order valence-electron chi connectivity index (χ1n) is 9.78. The van der Waals surface area contributed by atoms with E-state index in [2.05, 4.69) is 26.0 Å². The van der Waals surface area contributed by atoms with Gasteiger partial charge in [-0.15, -0.1) is 0 Å². The van der Waals surface area contributed by atoms with Crippen molar-refractivity contribution in [2.24, 2.45) is 0 Å². The van der Waals surface area contributed by atoms with Crippen LogP contribution in [0.4, 0.5) is 17.1 Å². The molecule has 34 heavy (non-hydrogen) atoms. The van der Waals surface area contributed by atoms with E-state index < -0.39 is 32.5 Å². The van der Waals surface area contributed by atoms with Gasteiger partial charge in [-0.2, -0.15) is 0 Å². The number of sulfonamides is 2. The van der Waals surface area contributed by atoms with Crippen molar-refractivity contribution in [3.8, 4) is 0 Å². The van der Waals surface area contributed by atoms with Gasteiger partial charge in [0.05, 0.1) is 22.5 Å². The number of rotatable bonds is 8. The molecule has 2 N–H and O–H groups in total. The van der Waals surface area contributed by atoms with Crippen LogP contribution in [-0.4, -0.2) is 35.5 Å². The second kappa shape index (κ2) is 10.3. The van der Waals surface area contributed by atoms with E-state index in [0.29, 0.717) is 27.6 Å². The van der Waals surface area contributed by atoms with Gasteiger partial charge in [-0.3, -0.25) is 13.8 Å². The molecule has 0 saturated carbocycles. The molecular weight excluding hydrogens is 566 g/mol. The van der Waals surface area contributed by atoms with E-state index in [1.807, 2.05) is 0 Å². The Bertz CT molecular complexity index is 1410. The third-order valence-corrected chi connectivity index (χ3v) is 8.22. The molecule has 0 radical (unpaired) electrons. The van der Waals surface area contributed by atoms with Crippen LogP contribution >= 0.6 is 27.5 Å². The molecule has 0 unspecified atom stereocenters. The average molecular weight is 587 g/mol. The molecule has 0 aliphatic rings. The van der Waals surface area contributed by atoms with Gasteiger partial charge in [-0.1, -0.05) is 33.6 Å². The summed E-state index contributed by atoms with van der Waals surface area (Å²) in [5.74, 6) is -0.586. The van der Waals surface area contributed by atoms with Crippen LogP contribution in [0.15, 0.2) is 76.1 Å². The van der Waals surface area contributed by atoms with Crippen LogP contribution in [-0.2, 0) is 24.8 Å². The summed E-state index contributed by atoms with van der Waals surface area (Å²) in [6.07, 6.45) is 1.01. The maximum atomic E-state index is 12.7. The largest absolute Gasteiger partial charge is 0.325 e. The lowest BCUT2D eigenvalue weighted by molar-refractivity contribution is -0.114. The first-order chi connectivity index (χ1) is 15.9. The molecule has 8 nitrogen and oxygen atoms in total. The number of anilines is 3. The summed E-state index contributed by atoms with van der Waals surface area (Å²) in [5, 5.41) is 3.02. The lowest BCUT2D eigenvalue weighted by atomic mass is 10.2. The number of halogens is 2. The topological polar surface area (TPSA) is 113 Å². The molecule has 12 heteroatoms. The maximum Gasteiger partial charge on any atom is 0.261 e. The number of carbonyl (C=O) groups excluding carboxylic acids is 1. The van der Waals surface area contributed by atoms with E-state index in [4.69, 9.17) is 11.6 Å². The van der Waals surface area contributed by atoms with Gasteiger partial charge < -0.3 is 5.32 Å². The second-order valence-corrected chi connectivity index (χ2v) is 12.2. The fourth-order valence-corrected chi connectivity index (χ4v) is 5.40. The van der Waals surface area contributed by atoms with Gasteiger partial charge in [0.2, 0.25) is 15.9 Å². The molecule has 3 rings (SSSR count). The summed E-state index contributed by atoms with van der Waals surface area (Å²) < 4.78 is 54.1. The highest BCUT2D eigenvalue weighted by molar-refractivity contribution is 9.10. The number of amides is 1. The molecule has 3 aromatic carbocycles. The third kappa shape index (κ3) is 6.50. The number of benzene rings is 3. The Morgan fingerprint density at radius 2 is 1.59 bits per heavy atom. The van der Waals surface area contributed by atoms with Crippen molar-refractivity contribution in [1.82, 2.24) is 0 Å². The highest BCUT2D eigenvalue weighted by Crippen LogP contribution is 2.26. The summed E-state index contributed by atoms with van der Waals surface area (Å²) in [6.45, 7) is 1.25. The monoisotopic (exact) mass is 585 g/mol. The molecule has 0 aliphatic heterocycles. The highest BCUT2D eigenvalue weighted by Gasteiger charge is 2.21. The number of hydrogen-bond donors (Lipinski definition) is 2. The van der Waals surface area contributed by atoms with Crippen LogP contribution in [0.2, 0.25) is 5.02 Å². The fraction of sp³-hybridized carbons (Fsp3) is 0.136. The predicted molar refractivity (Wildman–Crippen MR) is 138 cm³/mol. The molecule has 0 bridgehead atoms. The summed E-state index contributed by atoms with van der Waals surface area (Å²) >= 11 is 9.33. The van der Waals surface area contributed by atoms with Crippen molar-refractivity contribution in [3.63, 3.8) is 0 Å². The van der Waals surface area contributed by atoms with E-state index in [1.165, 1.54) is 24.3 Å². The summed E-state index contributed by atoms with van der Waals surface area (Å²) in [7, 11) is -7.61. The van der Waals surface area contributed by atoms with Gasteiger partial charge in [0.25, 0.3) is 10.0 Å². The van der Waals surface area contributed by atoms with Gasteiger partial charge in [-0.05, 0) is 73.2 Å². The van der Waals surface area contributed by atoms with Crippen molar-refractivity contribution in [3.05, 3.63) is 81.8 Å². The van der Waals surface area contributed by atoms with E-state index >= 15 is 0 Å². The Hall–Kier alpha value is -2.60. The fourth-order valence-electron chi connectivity index (χ4n) is 2.98. The molecule has 1 amide bonds. The zero-order valence-corrected chi connectivity index (χ0v) is 22.1. The quantitative estimate of drug-likeness (QED) is 0.400. The Balaban J connectivity index is 1.72. The van der Waals surface area contributed by atoms with Crippen LogP contribution in [0.5, 0.6) is 0 Å². The molecule has 0 aliphatic carbocycles. The number of nitrogens with one attached hydrogen (secondary N) is 2. The summed E-state index contributed by atoms with van der Waals surface area (Å²) in [6, 6.07) is 16.9. The molecule has 3 aromatic rings. The molecular formula is C22H21BrClN3O5S2. The smallest absolute Gasteiger partial charge is 0.261 e. The Labute approximate surface area is 212 Å². The zero-order chi connectivity index (χ0) is 25.1. The lowest BCUT2D eigenvalue weighted by Gasteiger charge is -2.22. The first kappa shape index (κ1) is 26.0. The maximum absolute atomic E-state index is 12.7. The zero-order valence-electron chi connectivity index (χ0n) is 18.1. The van der Waals surface area contributed by atoms with Crippen molar-refractivity contribution in [2.75, 3.05) is 27.1 Å².